The first-order valence-corrected chi connectivity index (χ1v) is 12.6. The Bertz CT molecular complexity index is 1200. The van der Waals surface area contributed by atoms with E-state index < -0.39 is 0 Å². The molecule has 0 spiro atoms. The maximum Gasteiger partial charge on any atom is 0.235 e. The fourth-order valence-corrected chi connectivity index (χ4v) is 4.62. The molecule has 0 aliphatic carbocycles. The van der Waals surface area contributed by atoms with Crippen LogP contribution in [0.1, 0.15) is 0 Å². The molecule has 3 heterocycles. The standard InChI is InChI=1S/C27H32FN7O2/c1-37-22-8-4-20(5-9-22)24-16-23(19-2-6-21(28)7-3-19)31-27(32-24)35-15-12-30-17-25(35)33-26(36)18-34-13-10-29-11-14-34/h2-9,16,25,29-30H,10-15,17-18H2,1H3,(H,33,36). The number of benzene rings is 2. The number of halogens is 1. The number of nitrogens with zero attached hydrogens (tertiary/aromatic N) is 4. The van der Waals surface area contributed by atoms with Gasteiger partial charge < -0.3 is 25.6 Å². The Balaban J connectivity index is 1.45. The molecule has 2 fully saturated rings. The van der Waals surface area contributed by atoms with Gasteiger partial charge in [0.1, 0.15) is 17.7 Å². The summed E-state index contributed by atoms with van der Waals surface area (Å²) < 4.78 is 18.9. The fraction of sp³-hybridized carbons (Fsp3) is 0.370. The Morgan fingerprint density at radius 3 is 2.24 bits per heavy atom. The van der Waals surface area contributed by atoms with Crippen LogP contribution in [0.4, 0.5) is 10.3 Å². The molecule has 5 rings (SSSR count). The number of hydrogen-bond donors (Lipinski definition) is 3. The van der Waals surface area contributed by atoms with Gasteiger partial charge in [-0.2, -0.15) is 0 Å². The molecule has 1 atom stereocenters. The number of rotatable bonds is 7. The summed E-state index contributed by atoms with van der Waals surface area (Å²) in [6.07, 6.45) is -0.295. The number of carbonyl (C=O) groups is 1. The number of carbonyl (C=O) groups excluding carboxylic acids is 1. The van der Waals surface area contributed by atoms with E-state index in [9.17, 15) is 9.18 Å². The van der Waals surface area contributed by atoms with Gasteiger partial charge in [-0.25, -0.2) is 14.4 Å². The maximum absolute atomic E-state index is 13.6. The summed E-state index contributed by atoms with van der Waals surface area (Å²) in [5.74, 6) is 0.946. The van der Waals surface area contributed by atoms with E-state index in [-0.39, 0.29) is 17.9 Å². The van der Waals surface area contributed by atoms with E-state index in [1.54, 1.807) is 19.2 Å². The SMILES string of the molecule is COc1ccc(-c2cc(-c3ccc(F)cc3)nc(N3CCNCC3NC(=O)CN3CCNCC3)n2)cc1. The zero-order chi connectivity index (χ0) is 25.6. The smallest absolute Gasteiger partial charge is 0.235 e. The summed E-state index contributed by atoms with van der Waals surface area (Å²) in [6, 6.07) is 15.8. The molecule has 1 aromatic heterocycles. The molecule has 0 bridgehead atoms. The van der Waals surface area contributed by atoms with Crippen molar-refractivity contribution in [2.45, 2.75) is 6.17 Å². The van der Waals surface area contributed by atoms with E-state index in [0.717, 1.165) is 55.3 Å². The van der Waals surface area contributed by atoms with Crippen LogP contribution in [0.5, 0.6) is 5.75 Å². The molecular weight excluding hydrogens is 473 g/mol. The van der Waals surface area contributed by atoms with Crippen LogP contribution in [0.25, 0.3) is 22.5 Å². The molecule has 10 heteroatoms. The van der Waals surface area contributed by atoms with Crippen molar-refractivity contribution in [3.05, 3.63) is 60.4 Å². The van der Waals surface area contributed by atoms with E-state index in [1.165, 1.54) is 12.1 Å². The zero-order valence-electron chi connectivity index (χ0n) is 20.9. The molecule has 2 aliphatic rings. The first-order valence-electron chi connectivity index (χ1n) is 12.6. The number of piperazine rings is 2. The van der Waals surface area contributed by atoms with Crippen molar-refractivity contribution in [1.82, 2.24) is 30.8 Å². The monoisotopic (exact) mass is 505 g/mol. The maximum atomic E-state index is 13.6. The highest BCUT2D eigenvalue weighted by atomic mass is 19.1. The lowest BCUT2D eigenvalue weighted by molar-refractivity contribution is -0.123. The molecule has 0 radical (unpaired) electrons. The average Bonchev–Trinajstić information content (AvgIpc) is 2.94. The van der Waals surface area contributed by atoms with Crippen molar-refractivity contribution < 1.29 is 13.9 Å². The Hall–Kier alpha value is -3.60. The van der Waals surface area contributed by atoms with Crippen LogP contribution in [0, 0.1) is 5.82 Å². The third kappa shape index (κ3) is 6.22. The average molecular weight is 506 g/mol. The van der Waals surface area contributed by atoms with Gasteiger partial charge >= 0.3 is 0 Å². The first kappa shape index (κ1) is 25.1. The molecule has 37 heavy (non-hydrogen) atoms. The van der Waals surface area contributed by atoms with Gasteiger partial charge in [0.2, 0.25) is 11.9 Å². The van der Waals surface area contributed by atoms with Crippen molar-refractivity contribution in [3.8, 4) is 28.3 Å². The summed E-state index contributed by atoms with van der Waals surface area (Å²) in [6.45, 7) is 5.81. The lowest BCUT2D eigenvalue weighted by Crippen LogP contribution is -2.61. The number of aromatic nitrogens is 2. The topological polar surface area (TPSA) is 94.7 Å². The molecule has 1 amide bonds. The van der Waals surface area contributed by atoms with Crippen LogP contribution in [0.2, 0.25) is 0 Å². The van der Waals surface area contributed by atoms with Gasteiger partial charge in [0, 0.05) is 56.9 Å². The summed E-state index contributed by atoms with van der Waals surface area (Å²) in [5, 5.41) is 9.84. The van der Waals surface area contributed by atoms with Crippen LogP contribution in [-0.2, 0) is 4.79 Å². The van der Waals surface area contributed by atoms with Gasteiger partial charge in [0.15, 0.2) is 0 Å². The number of nitrogens with one attached hydrogen (secondary N) is 3. The molecule has 0 saturated carbocycles. The minimum Gasteiger partial charge on any atom is -0.497 e. The summed E-state index contributed by atoms with van der Waals surface area (Å²) in [4.78, 5) is 26.9. The van der Waals surface area contributed by atoms with E-state index in [4.69, 9.17) is 14.7 Å². The Kier molecular flexibility index (Phi) is 7.88. The quantitative estimate of drug-likeness (QED) is 0.447. The second kappa shape index (κ2) is 11.6. The normalized spacial score (nSPS) is 18.4. The first-order chi connectivity index (χ1) is 18.1. The van der Waals surface area contributed by atoms with Gasteiger partial charge in [-0.15, -0.1) is 0 Å². The predicted octanol–water partition coefficient (Wildman–Crippen LogP) is 1.72. The van der Waals surface area contributed by atoms with Crippen molar-refractivity contribution in [3.63, 3.8) is 0 Å². The molecular formula is C27H32FN7O2. The second-order valence-corrected chi connectivity index (χ2v) is 9.18. The van der Waals surface area contributed by atoms with Gasteiger partial charge in [0.25, 0.3) is 0 Å². The number of anilines is 1. The predicted molar refractivity (Wildman–Crippen MR) is 141 cm³/mol. The molecule has 3 N–H and O–H groups in total. The Labute approximate surface area is 216 Å². The highest BCUT2D eigenvalue weighted by Crippen LogP contribution is 2.28. The molecule has 9 nitrogen and oxygen atoms in total. The Morgan fingerprint density at radius 1 is 0.973 bits per heavy atom. The van der Waals surface area contributed by atoms with E-state index in [0.29, 0.717) is 31.3 Å². The minimum atomic E-state index is -0.303. The van der Waals surface area contributed by atoms with E-state index >= 15 is 0 Å². The third-order valence-corrected chi connectivity index (χ3v) is 6.64. The lowest BCUT2D eigenvalue weighted by atomic mass is 10.1. The van der Waals surface area contributed by atoms with Crippen LogP contribution in [-0.4, -0.2) is 86.4 Å². The van der Waals surface area contributed by atoms with Gasteiger partial charge in [-0.3, -0.25) is 9.69 Å². The zero-order valence-corrected chi connectivity index (χ0v) is 20.9. The highest BCUT2D eigenvalue weighted by Gasteiger charge is 2.27. The fourth-order valence-electron chi connectivity index (χ4n) is 4.62. The number of methoxy groups -OCH3 is 1. The van der Waals surface area contributed by atoms with Crippen molar-refractivity contribution in [2.75, 3.05) is 64.4 Å². The van der Waals surface area contributed by atoms with Gasteiger partial charge in [-0.1, -0.05) is 0 Å². The molecule has 2 saturated heterocycles. The van der Waals surface area contributed by atoms with Crippen molar-refractivity contribution in [2.24, 2.45) is 0 Å². The van der Waals surface area contributed by atoms with E-state index in [1.807, 2.05) is 35.2 Å². The largest absolute Gasteiger partial charge is 0.497 e. The molecule has 194 valence electrons. The number of hydrogen-bond acceptors (Lipinski definition) is 8. The third-order valence-electron chi connectivity index (χ3n) is 6.64. The van der Waals surface area contributed by atoms with Crippen molar-refractivity contribution in [1.29, 1.82) is 0 Å². The number of amides is 1. The van der Waals surface area contributed by atoms with Gasteiger partial charge in [0.05, 0.1) is 25.0 Å². The van der Waals surface area contributed by atoms with Crippen LogP contribution >= 0.6 is 0 Å². The van der Waals surface area contributed by atoms with Gasteiger partial charge in [-0.05, 0) is 54.6 Å². The summed E-state index contributed by atoms with van der Waals surface area (Å²) >= 11 is 0. The second-order valence-electron chi connectivity index (χ2n) is 9.18. The number of ether oxygens (including phenoxy) is 1. The lowest BCUT2D eigenvalue weighted by Gasteiger charge is -2.37. The van der Waals surface area contributed by atoms with E-state index in [2.05, 4.69) is 20.9 Å². The molecule has 3 aromatic rings. The molecule has 2 aromatic carbocycles. The minimum absolute atomic E-state index is 0.0225. The molecule has 2 aliphatic heterocycles. The van der Waals surface area contributed by atoms with Crippen LogP contribution in [0.15, 0.2) is 54.6 Å². The molecule has 1 unspecified atom stereocenters. The van der Waals surface area contributed by atoms with Crippen molar-refractivity contribution >= 4 is 11.9 Å². The summed E-state index contributed by atoms with van der Waals surface area (Å²) in [7, 11) is 1.63. The Morgan fingerprint density at radius 2 is 1.59 bits per heavy atom. The summed E-state index contributed by atoms with van der Waals surface area (Å²) in [5.41, 5.74) is 3.10. The highest BCUT2D eigenvalue weighted by molar-refractivity contribution is 5.79. The van der Waals surface area contributed by atoms with Crippen LogP contribution in [0.3, 0.4) is 0 Å². The van der Waals surface area contributed by atoms with Crippen LogP contribution < -0.4 is 25.6 Å².